The maximum atomic E-state index is 11.2. The summed E-state index contributed by atoms with van der Waals surface area (Å²) in [5.74, 6) is -1.16. The highest BCUT2D eigenvalue weighted by molar-refractivity contribution is 6.31. The first kappa shape index (κ1) is 12.4. The van der Waals surface area contributed by atoms with Crippen LogP contribution in [-0.2, 0) is 9.59 Å². The van der Waals surface area contributed by atoms with Crippen molar-refractivity contribution >= 4 is 29.8 Å². The van der Waals surface area contributed by atoms with Crippen molar-refractivity contribution in [3.05, 3.63) is 35.9 Å². The topological polar surface area (TPSA) is 105 Å². The van der Waals surface area contributed by atoms with E-state index in [-0.39, 0.29) is 0 Å². The summed E-state index contributed by atoms with van der Waals surface area (Å²) in [6.07, 6.45) is 3.40. The van der Waals surface area contributed by atoms with E-state index in [9.17, 15) is 9.59 Å². The number of carbonyl (C=O) groups is 2. The minimum Gasteiger partial charge on any atom is -0.411 e. The Morgan fingerprint density at radius 1 is 1.35 bits per heavy atom. The van der Waals surface area contributed by atoms with Gasteiger partial charge in [-0.3, -0.25) is 9.59 Å². The van der Waals surface area contributed by atoms with Gasteiger partial charge in [0.25, 0.3) is 5.91 Å². The number of hydrogen-bond acceptors (Lipinski definition) is 4. The highest BCUT2D eigenvalue weighted by Crippen LogP contribution is 2.16. The van der Waals surface area contributed by atoms with Gasteiger partial charge in [0, 0.05) is 11.8 Å². The Labute approximate surface area is 97.4 Å². The zero-order valence-electron chi connectivity index (χ0n) is 8.83. The van der Waals surface area contributed by atoms with Crippen molar-refractivity contribution in [2.75, 3.05) is 5.32 Å². The van der Waals surface area contributed by atoms with Crippen LogP contribution in [0.1, 0.15) is 5.56 Å². The number of amides is 2. The van der Waals surface area contributed by atoms with Crippen LogP contribution < -0.4 is 11.1 Å². The normalized spacial score (nSPS) is 10.8. The predicted octanol–water partition coefficient (Wildman–Crippen LogP) is 0.584. The Morgan fingerprint density at radius 2 is 2.06 bits per heavy atom. The van der Waals surface area contributed by atoms with Crippen molar-refractivity contribution in [2.24, 2.45) is 10.9 Å². The van der Waals surface area contributed by atoms with Crippen LogP contribution in [0, 0.1) is 0 Å². The monoisotopic (exact) mass is 233 g/mol. The number of primary amides is 1. The number of carbonyl (C=O) groups excluding carboxylic acids is 2. The van der Waals surface area contributed by atoms with Gasteiger partial charge in [0.05, 0.1) is 0 Å². The van der Waals surface area contributed by atoms with Crippen molar-refractivity contribution in [2.45, 2.75) is 0 Å². The standard InChI is InChI=1S/C11H11N3O3/c12-10(15)6-5-8-3-1-2-4-9(8)14-11(16)7-13-17/h1-7,17H,(H2,12,15)(H,14,16). The second-order valence-electron chi connectivity index (χ2n) is 3.06. The molecule has 4 N–H and O–H groups in total. The van der Waals surface area contributed by atoms with Gasteiger partial charge in [0.15, 0.2) is 0 Å². The fourth-order valence-electron chi connectivity index (χ4n) is 1.15. The van der Waals surface area contributed by atoms with Gasteiger partial charge in [-0.05, 0) is 17.7 Å². The lowest BCUT2D eigenvalue weighted by molar-refractivity contribution is -0.113. The van der Waals surface area contributed by atoms with E-state index in [0.29, 0.717) is 11.3 Å². The molecule has 0 aliphatic rings. The summed E-state index contributed by atoms with van der Waals surface area (Å²) < 4.78 is 0. The van der Waals surface area contributed by atoms with Crippen LogP contribution in [0.4, 0.5) is 5.69 Å². The van der Waals surface area contributed by atoms with Crippen LogP contribution >= 0.6 is 0 Å². The number of hydrogen-bond donors (Lipinski definition) is 3. The van der Waals surface area contributed by atoms with Gasteiger partial charge in [-0.25, -0.2) is 0 Å². The number of nitrogens with two attached hydrogens (primary N) is 1. The van der Waals surface area contributed by atoms with Gasteiger partial charge in [-0.15, -0.1) is 0 Å². The molecule has 0 fully saturated rings. The number of anilines is 1. The van der Waals surface area contributed by atoms with Crippen molar-refractivity contribution < 1.29 is 14.8 Å². The second kappa shape index (κ2) is 6.06. The Balaban J connectivity index is 2.92. The van der Waals surface area contributed by atoms with Gasteiger partial charge < -0.3 is 16.3 Å². The molecule has 1 rings (SSSR count). The number of nitrogens with one attached hydrogen (secondary N) is 1. The first-order valence-electron chi connectivity index (χ1n) is 4.68. The van der Waals surface area contributed by atoms with Crippen LogP contribution in [0.15, 0.2) is 35.5 Å². The van der Waals surface area contributed by atoms with E-state index in [0.717, 1.165) is 6.21 Å². The summed E-state index contributed by atoms with van der Waals surface area (Å²) in [5, 5.41) is 13.3. The van der Waals surface area contributed by atoms with Gasteiger partial charge >= 0.3 is 0 Å². The molecule has 0 unspecified atom stereocenters. The van der Waals surface area contributed by atoms with Crippen LogP contribution in [0.2, 0.25) is 0 Å². The fraction of sp³-hybridized carbons (Fsp3) is 0. The van der Waals surface area contributed by atoms with E-state index in [4.69, 9.17) is 10.9 Å². The van der Waals surface area contributed by atoms with E-state index >= 15 is 0 Å². The van der Waals surface area contributed by atoms with Gasteiger partial charge in [0.1, 0.15) is 6.21 Å². The largest absolute Gasteiger partial charge is 0.411 e. The highest BCUT2D eigenvalue weighted by Gasteiger charge is 2.02. The summed E-state index contributed by atoms with van der Waals surface area (Å²) in [6, 6.07) is 6.80. The molecule has 0 atom stereocenters. The van der Waals surface area contributed by atoms with Crippen molar-refractivity contribution in [3.8, 4) is 0 Å². The third kappa shape index (κ3) is 4.17. The van der Waals surface area contributed by atoms with Gasteiger partial charge in [0.2, 0.25) is 5.91 Å². The van der Waals surface area contributed by atoms with Gasteiger partial charge in [-0.1, -0.05) is 23.4 Å². The molecule has 6 nitrogen and oxygen atoms in total. The maximum absolute atomic E-state index is 11.2. The SMILES string of the molecule is NC(=O)C=Cc1ccccc1NC(=O)C=NO. The Bertz CT molecular complexity index is 481. The smallest absolute Gasteiger partial charge is 0.270 e. The quantitative estimate of drug-likeness (QED) is 0.306. The van der Waals surface area contributed by atoms with E-state index < -0.39 is 11.8 Å². The minimum absolute atomic E-state index is 0.481. The average molecular weight is 233 g/mol. The summed E-state index contributed by atoms with van der Waals surface area (Å²) in [4.78, 5) is 21.8. The first-order valence-corrected chi connectivity index (χ1v) is 4.68. The molecule has 0 bridgehead atoms. The third-order valence-electron chi connectivity index (χ3n) is 1.82. The number of benzene rings is 1. The number of rotatable bonds is 4. The lowest BCUT2D eigenvalue weighted by Crippen LogP contribution is -2.13. The Kier molecular flexibility index (Phi) is 4.44. The van der Waals surface area contributed by atoms with Crippen molar-refractivity contribution in [3.63, 3.8) is 0 Å². The predicted molar refractivity (Wildman–Crippen MR) is 63.6 cm³/mol. The summed E-state index contributed by atoms with van der Waals surface area (Å²) in [7, 11) is 0. The Morgan fingerprint density at radius 3 is 2.71 bits per heavy atom. The molecule has 0 aliphatic heterocycles. The third-order valence-corrected chi connectivity index (χ3v) is 1.82. The molecule has 0 saturated heterocycles. The zero-order valence-corrected chi connectivity index (χ0v) is 8.83. The molecule has 2 amide bonds. The molecule has 0 aromatic heterocycles. The minimum atomic E-state index is -0.581. The van der Waals surface area contributed by atoms with Crippen LogP contribution in [0.3, 0.4) is 0 Å². The molecule has 0 heterocycles. The number of oxime groups is 1. The number of para-hydroxylation sites is 1. The molecular formula is C11H11N3O3. The van der Waals surface area contributed by atoms with Crippen LogP contribution in [0.25, 0.3) is 6.08 Å². The highest BCUT2D eigenvalue weighted by atomic mass is 16.4. The fourth-order valence-corrected chi connectivity index (χ4v) is 1.15. The van der Waals surface area contributed by atoms with Gasteiger partial charge in [-0.2, -0.15) is 0 Å². The maximum Gasteiger partial charge on any atom is 0.270 e. The molecule has 0 spiro atoms. The molecule has 0 radical (unpaired) electrons. The van der Waals surface area contributed by atoms with E-state index in [1.165, 1.54) is 12.2 Å². The summed E-state index contributed by atoms with van der Waals surface area (Å²) >= 11 is 0. The molecular weight excluding hydrogens is 222 g/mol. The second-order valence-corrected chi connectivity index (χ2v) is 3.06. The number of nitrogens with zero attached hydrogens (tertiary/aromatic N) is 1. The molecule has 0 aliphatic carbocycles. The molecule has 1 aromatic rings. The first-order chi connectivity index (χ1) is 8.13. The summed E-state index contributed by atoms with van der Waals surface area (Å²) in [6.45, 7) is 0. The van der Waals surface area contributed by atoms with E-state index in [1.807, 2.05) is 0 Å². The molecule has 1 aromatic carbocycles. The van der Waals surface area contributed by atoms with Crippen LogP contribution in [-0.4, -0.2) is 23.2 Å². The lowest BCUT2D eigenvalue weighted by Gasteiger charge is -2.05. The lowest BCUT2D eigenvalue weighted by atomic mass is 10.1. The van der Waals surface area contributed by atoms with Crippen molar-refractivity contribution in [1.29, 1.82) is 0 Å². The van der Waals surface area contributed by atoms with Crippen LogP contribution in [0.5, 0.6) is 0 Å². The van der Waals surface area contributed by atoms with E-state index in [2.05, 4.69) is 10.5 Å². The molecule has 17 heavy (non-hydrogen) atoms. The summed E-state index contributed by atoms with van der Waals surface area (Å²) in [5.41, 5.74) is 6.07. The zero-order chi connectivity index (χ0) is 12.7. The molecule has 6 heteroatoms. The van der Waals surface area contributed by atoms with E-state index in [1.54, 1.807) is 24.3 Å². The molecule has 88 valence electrons. The molecule has 0 saturated carbocycles. The average Bonchev–Trinajstić information content (AvgIpc) is 2.28. The van der Waals surface area contributed by atoms with Crippen molar-refractivity contribution in [1.82, 2.24) is 0 Å². The Hall–Kier alpha value is -2.63.